The summed E-state index contributed by atoms with van der Waals surface area (Å²) in [5.74, 6) is 0. The van der Waals surface area contributed by atoms with Gasteiger partial charge in [-0.2, -0.15) is 0 Å². The number of hydrogen-bond acceptors (Lipinski definition) is 3. The van der Waals surface area contributed by atoms with Gasteiger partial charge in [-0.1, -0.05) is 6.42 Å². The van der Waals surface area contributed by atoms with Gasteiger partial charge in [0.15, 0.2) is 0 Å². The van der Waals surface area contributed by atoms with Crippen molar-refractivity contribution in [1.29, 1.82) is 0 Å². The first-order chi connectivity index (χ1) is 5.85. The highest BCUT2D eigenvalue weighted by atomic mass is 16.5. The Hall–Kier alpha value is -0.120. The van der Waals surface area contributed by atoms with Crippen molar-refractivity contribution in [3.05, 3.63) is 0 Å². The zero-order valence-electron chi connectivity index (χ0n) is 7.38. The molecule has 3 nitrogen and oxygen atoms in total. The van der Waals surface area contributed by atoms with E-state index in [4.69, 9.17) is 9.84 Å². The van der Waals surface area contributed by atoms with E-state index in [2.05, 4.69) is 5.32 Å². The Balaban J connectivity index is 1.69. The number of aliphatic hydroxyl groups is 1. The predicted octanol–water partition coefficient (Wildman–Crippen LogP) is 0.137. The molecule has 0 amide bonds. The first kappa shape index (κ1) is 8.48. The summed E-state index contributed by atoms with van der Waals surface area (Å²) in [6, 6.07) is 0.717. The molecule has 0 spiro atoms. The first-order valence-corrected chi connectivity index (χ1v) is 4.77. The normalized spacial score (nSPS) is 27.8. The molecule has 0 aromatic rings. The van der Waals surface area contributed by atoms with Gasteiger partial charge in [-0.3, -0.25) is 0 Å². The molecule has 1 aliphatic heterocycles. The first-order valence-electron chi connectivity index (χ1n) is 4.77. The van der Waals surface area contributed by atoms with E-state index in [1.165, 1.54) is 19.3 Å². The van der Waals surface area contributed by atoms with E-state index in [9.17, 15) is 0 Å². The van der Waals surface area contributed by atoms with Crippen LogP contribution < -0.4 is 5.32 Å². The topological polar surface area (TPSA) is 41.5 Å². The molecule has 3 heteroatoms. The van der Waals surface area contributed by atoms with E-state index in [1.807, 2.05) is 0 Å². The van der Waals surface area contributed by atoms with Crippen molar-refractivity contribution in [2.75, 3.05) is 26.4 Å². The zero-order chi connectivity index (χ0) is 8.44. The quantitative estimate of drug-likeness (QED) is 0.632. The fourth-order valence-electron chi connectivity index (χ4n) is 1.61. The predicted molar refractivity (Wildman–Crippen MR) is 46.0 cm³/mol. The van der Waals surface area contributed by atoms with Crippen LogP contribution in [0, 0.1) is 5.41 Å². The Labute approximate surface area is 73.1 Å². The van der Waals surface area contributed by atoms with Gasteiger partial charge >= 0.3 is 0 Å². The van der Waals surface area contributed by atoms with Gasteiger partial charge in [0.2, 0.25) is 0 Å². The molecule has 0 radical (unpaired) electrons. The number of aliphatic hydroxyl groups excluding tert-OH is 1. The Morgan fingerprint density at radius 2 is 2.17 bits per heavy atom. The van der Waals surface area contributed by atoms with Crippen LogP contribution in [0.15, 0.2) is 0 Å². The third-order valence-electron chi connectivity index (χ3n) is 3.02. The molecule has 2 N–H and O–H groups in total. The Kier molecular flexibility index (Phi) is 2.35. The molecule has 0 atom stereocenters. The molecule has 0 aromatic carbocycles. The van der Waals surface area contributed by atoms with Crippen molar-refractivity contribution in [3.8, 4) is 0 Å². The fourth-order valence-corrected chi connectivity index (χ4v) is 1.61. The van der Waals surface area contributed by atoms with E-state index < -0.39 is 0 Å². The van der Waals surface area contributed by atoms with Crippen LogP contribution >= 0.6 is 0 Å². The maximum atomic E-state index is 9.12. The van der Waals surface area contributed by atoms with E-state index in [0.29, 0.717) is 6.04 Å². The van der Waals surface area contributed by atoms with Crippen molar-refractivity contribution in [1.82, 2.24) is 5.32 Å². The van der Waals surface area contributed by atoms with Crippen molar-refractivity contribution in [2.24, 2.45) is 5.41 Å². The number of rotatable bonds is 4. The van der Waals surface area contributed by atoms with Gasteiger partial charge in [-0.05, 0) is 12.8 Å². The molecule has 2 rings (SSSR count). The molecule has 1 aliphatic carbocycles. The van der Waals surface area contributed by atoms with Gasteiger partial charge in [-0.15, -0.1) is 0 Å². The molecule has 12 heavy (non-hydrogen) atoms. The second-order valence-electron chi connectivity index (χ2n) is 4.16. The lowest BCUT2D eigenvalue weighted by Crippen LogP contribution is -2.54. The zero-order valence-corrected chi connectivity index (χ0v) is 7.38. The maximum absolute atomic E-state index is 9.12. The Morgan fingerprint density at radius 1 is 1.42 bits per heavy atom. The minimum absolute atomic E-state index is 0.0512. The molecule has 2 aliphatic rings. The summed E-state index contributed by atoms with van der Waals surface area (Å²) in [6.45, 7) is 2.63. The monoisotopic (exact) mass is 171 g/mol. The van der Waals surface area contributed by atoms with Crippen LogP contribution in [0.2, 0.25) is 0 Å². The molecule has 1 saturated heterocycles. The summed E-state index contributed by atoms with van der Waals surface area (Å²) in [5, 5.41) is 12.6. The van der Waals surface area contributed by atoms with Crippen LogP contribution in [0.25, 0.3) is 0 Å². The minimum atomic E-state index is 0.0512. The highest BCUT2D eigenvalue weighted by Crippen LogP contribution is 2.27. The lowest BCUT2D eigenvalue weighted by Gasteiger charge is -2.42. The van der Waals surface area contributed by atoms with Crippen molar-refractivity contribution in [2.45, 2.75) is 25.3 Å². The standard InChI is InChI=1S/C9H17NO2/c11-5-9(6-12-7-9)4-10-8-2-1-3-8/h8,10-11H,1-7H2. The van der Waals surface area contributed by atoms with Gasteiger partial charge in [0, 0.05) is 12.6 Å². The summed E-state index contributed by atoms with van der Waals surface area (Å²) >= 11 is 0. The summed E-state index contributed by atoms with van der Waals surface area (Å²) in [6.07, 6.45) is 3.98. The Bertz CT molecular complexity index is 147. The molecule has 1 heterocycles. The van der Waals surface area contributed by atoms with E-state index in [0.717, 1.165) is 19.8 Å². The highest BCUT2D eigenvalue weighted by Gasteiger charge is 2.38. The molecule has 70 valence electrons. The van der Waals surface area contributed by atoms with Crippen molar-refractivity contribution < 1.29 is 9.84 Å². The van der Waals surface area contributed by atoms with E-state index in [-0.39, 0.29) is 12.0 Å². The summed E-state index contributed by atoms with van der Waals surface area (Å²) in [5.41, 5.74) is 0.0512. The van der Waals surface area contributed by atoms with Gasteiger partial charge in [0.25, 0.3) is 0 Å². The molecule has 2 fully saturated rings. The van der Waals surface area contributed by atoms with Gasteiger partial charge in [0.1, 0.15) is 0 Å². The smallest absolute Gasteiger partial charge is 0.0579 e. The van der Waals surface area contributed by atoms with Crippen LogP contribution in [-0.2, 0) is 4.74 Å². The lowest BCUT2D eigenvalue weighted by atomic mass is 9.85. The average molecular weight is 171 g/mol. The van der Waals surface area contributed by atoms with Crippen LogP contribution in [-0.4, -0.2) is 37.5 Å². The third kappa shape index (κ3) is 1.49. The molecule has 0 unspecified atom stereocenters. The third-order valence-corrected chi connectivity index (χ3v) is 3.02. The van der Waals surface area contributed by atoms with Gasteiger partial charge in [0.05, 0.1) is 25.2 Å². The lowest BCUT2D eigenvalue weighted by molar-refractivity contribution is -0.135. The van der Waals surface area contributed by atoms with Crippen LogP contribution in [0.5, 0.6) is 0 Å². The minimum Gasteiger partial charge on any atom is -0.396 e. The largest absolute Gasteiger partial charge is 0.396 e. The van der Waals surface area contributed by atoms with Crippen LogP contribution in [0.1, 0.15) is 19.3 Å². The fraction of sp³-hybridized carbons (Fsp3) is 1.00. The SMILES string of the molecule is OCC1(CNC2CCC2)COC1. The molecular weight excluding hydrogens is 154 g/mol. The molecule has 0 aromatic heterocycles. The van der Waals surface area contributed by atoms with Gasteiger partial charge < -0.3 is 15.2 Å². The molecular formula is C9H17NO2. The van der Waals surface area contributed by atoms with E-state index in [1.54, 1.807) is 0 Å². The number of nitrogens with one attached hydrogen (secondary N) is 1. The van der Waals surface area contributed by atoms with Crippen LogP contribution in [0.3, 0.4) is 0 Å². The van der Waals surface area contributed by atoms with Crippen molar-refractivity contribution >= 4 is 0 Å². The second-order valence-corrected chi connectivity index (χ2v) is 4.16. The number of ether oxygens (including phenoxy) is 1. The maximum Gasteiger partial charge on any atom is 0.0579 e. The summed E-state index contributed by atoms with van der Waals surface area (Å²) in [7, 11) is 0. The Morgan fingerprint density at radius 3 is 2.50 bits per heavy atom. The van der Waals surface area contributed by atoms with E-state index >= 15 is 0 Å². The van der Waals surface area contributed by atoms with Gasteiger partial charge in [-0.25, -0.2) is 0 Å². The van der Waals surface area contributed by atoms with Crippen molar-refractivity contribution in [3.63, 3.8) is 0 Å². The highest BCUT2D eigenvalue weighted by molar-refractivity contribution is 4.89. The number of hydrogen-bond donors (Lipinski definition) is 2. The molecule has 0 bridgehead atoms. The summed E-state index contributed by atoms with van der Waals surface area (Å²) in [4.78, 5) is 0. The second kappa shape index (κ2) is 3.32. The molecule has 1 saturated carbocycles. The summed E-state index contributed by atoms with van der Waals surface area (Å²) < 4.78 is 5.11. The van der Waals surface area contributed by atoms with Crippen LogP contribution in [0.4, 0.5) is 0 Å². The average Bonchev–Trinajstić information content (AvgIpc) is 1.91.